The van der Waals surface area contributed by atoms with Gasteiger partial charge in [-0.25, -0.2) is 4.98 Å². The van der Waals surface area contributed by atoms with Crippen LogP contribution in [0.5, 0.6) is 5.75 Å². The molecule has 4 heteroatoms. The van der Waals surface area contributed by atoms with Crippen molar-refractivity contribution in [2.75, 3.05) is 18.5 Å². The van der Waals surface area contributed by atoms with Crippen LogP contribution in [-0.4, -0.2) is 22.7 Å². The van der Waals surface area contributed by atoms with E-state index in [0.717, 1.165) is 31.3 Å². The molecule has 0 unspecified atom stereocenters. The molecule has 0 spiro atoms. The number of anilines is 1. The molecular weight excluding hydrogens is 238 g/mol. The second-order valence-corrected chi connectivity index (χ2v) is 4.83. The Morgan fingerprint density at radius 3 is 2.89 bits per heavy atom. The van der Waals surface area contributed by atoms with Gasteiger partial charge in [-0.2, -0.15) is 0 Å². The summed E-state index contributed by atoms with van der Waals surface area (Å²) in [6.45, 7) is 1.61. The highest BCUT2D eigenvalue weighted by Gasteiger charge is 2.25. The highest BCUT2D eigenvalue weighted by Crippen LogP contribution is 2.36. The Morgan fingerprint density at radius 2 is 2.11 bits per heavy atom. The van der Waals surface area contributed by atoms with Crippen molar-refractivity contribution in [3.63, 3.8) is 0 Å². The van der Waals surface area contributed by atoms with E-state index in [1.165, 1.54) is 12.8 Å². The highest BCUT2D eigenvalue weighted by molar-refractivity contribution is 5.27. The van der Waals surface area contributed by atoms with Gasteiger partial charge in [-0.3, -0.25) is 0 Å². The van der Waals surface area contributed by atoms with Gasteiger partial charge in [0.25, 0.3) is 0 Å². The summed E-state index contributed by atoms with van der Waals surface area (Å²) >= 11 is 0. The van der Waals surface area contributed by atoms with Crippen LogP contribution in [0.3, 0.4) is 0 Å². The summed E-state index contributed by atoms with van der Waals surface area (Å²) in [5, 5.41) is 3.37. The third kappa shape index (κ3) is 3.28. The number of para-hydroxylation sites is 1. The minimum atomic E-state index is 0.672. The molecule has 0 amide bonds. The van der Waals surface area contributed by atoms with Crippen molar-refractivity contribution < 1.29 is 4.74 Å². The molecule has 1 saturated carbocycles. The molecule has 1 aromatic heterocycles. The predicted molar refractivity (Wildman–Crippen MR) is 75.5 cm³/mol. The summed E-state index contributed by atoms with van der Waals surface area (Å²) in [5.74, 6) is 1.92. The first kappa shape index (κ1) is 12.1. The van der Waals surface area contributed by atoms with Gasteiger partial charge in [-0.05, 0) is 31.4 Å². The first-order valence-corrected chi connectivity index (χ1v) is 6.88. The van der Waals surface area contributed by atoms with Crippen LogP contribution in [0.1, 0.15) is 25.3 Å². The molecule has 1 heterocycles. The number of aromatic nitrogens is 2. The Kier molecular flexibility index (Phi) is 3.68. The molecule has 1 fully saturated rings. The zero-order valence-electron chi connectivity index (χ0n) is 11.0. The van der Waals surface area contributed by atoms with Gasteiger partial charge in [0, 0.05) is 25.0 Å². The second kappa shape index (κ2) is 5.78. The molecule has 4 nitrogen and oxygen atoms in total. The molecule has 0 atom stereocenters. The minimum absolute atomic E-state index is 0.672. The zero-order chi connectivity index (χ0) is 12.9. The number of nitrogens with one attached hydrogen (secondary N) is 1. The van der Waals surface area contributed by atoms with Gasteiger partial charge >= 0.3 is 0 Å². The number of nitrogens with zero attached hydrogens (tertiary/aromatic N) is 2. The first-order valence-electron chi connectivity index (χ1n) is 6.88. The summed E-state index contributed by atoms with van der Waals surface area (Å²) in [4.78, 5) is 4.34. The Bertz CT molecular complexity index is 505. The van der Waals surface area contributed by atoms with E-state index < -0.39 is 0 Å². The Hall–Kier alpha value is -1.97. The summed E-state index contributed by atoms with van der Waals surface area (Å²) in [5.41, 5.74) is 0. The van der Waals surface area contributed by atoms with E-state index in [1.807, 2.05) is 36.5 Å². The van der Waals surface area contributed by atoms with Crippen LogP contribution in [0.4, 0.5) is 5.95 Å². The van der Waals surface area contributed by atoms with Gasteiger partial charge in [0.05, 0.1) is 6.61 Å². The number of imidazole rings is 1. The normalized spacial score (nSPS) is 14.3. The van der Waals surface area contributed by atoms with Crippen LogP contribution in [0, 0.1) is 0 Å². The number of ether oxygens (including phenoxy) is 1. The largest absolute Gasteiger partial charge is 0.494 e. The number of hydrogen-bond acceptors (Lipinski definition) is 3. The molecule has 0 radical (unpaired) electrons. The van der Waals surface area contributed by atoms with Crippen LogP contribution in [0.15, 0.2) is 42.7 Å². The van der Waals surface area contributed by atoms with E-state index in [1.54, 1.807) is 0 Å². The number of hydrogen-bond donors (Lipinski definition) is 1. The van der Waals surface area contributed by atoms with Crippen LogP contribution in [-0.2, 0) is 0 Å². The van der Waals surface area contributed by atoms with Crippen molar-refractivity contribution >= 4 is 5.95 Å². The molecule has 19 heavy (non-hydrogen) atoms. The third-order valence-corrected chi connectivity index (χ3v) is 3.23. The van der Waals surface area contributed by atoms with E-state index in [4.69, 9.17) is 4.74 Å². The summed E-state index contributed by atoms with van der Waals surface area (Å²) in [7, 11) is 0. The number of rotatable bonds is 7. The van der Waals surface area contributed by atoms with Crippen molar-refractivity contribution in [3.8, 4) is 5.75 Å². The molecule has 2 aromatic rings. The Morgan fingerprint density at radius 1 is 1.26 bits per heavy atom. The molecule has 0 saturated heterocycles. The number of benzene rings is 1. The molecule has 100 valence electrons. The van der Waals surface area contributed by atoms with E-state index in [2.05, 4.69) is 21.1 Å². The lowest BCUT2D eigenvalue weighted by molar-refractivity contribution is 0.315. The average Bonchev–Trinajstić information content (AvgIpc) is 3.19. The molecule has 0 bridgehead atoms. The summed E-state index contributed by atoms with van der Waals surface area (Å²) < 4.78 is 7.88. The lowest BCUT2D eigenvalue weighted by Crippen LogP contribution is -2.11. The third-order valence-electron chi connectivity index (χ3n) is 3.23. The fourth-order valence-corrected chi connectivity index (χ4v) is 2.08. The quantitative estimate of drug-likeness (QED) is 0.775. The Balaban J connectivity index is 1.38. The monoisotopic (exact) mass is 257 g/mol. The maximum atomic E-state index is 5.65. The van der Waals surface area contributed by atoms with Crippen molar-refractivity contribution in [1.29, 1.82) is 0 Å². The van der Waals surface area contributed by atoms with E-state index in [9.17, 15) is 0 Å². The first-order chi connectivity index (χ1) is 9.43. The maximum absolute atomic E-state index is 5.65. The van der Waals surface area contributed by atoms with Crippen LogP contribution in [0.25, 0.3) is 0 Å². The van der Waals surface area contributed by atoms with Crippen molar-refractivity contribution in [3.05, 3.63) is 42.7 Å². The molecule has 1 N–H and O–H groups in total. The SMILES string of the molecule is c1ccc(OCCCNc2nccn2C2CC2)cc1. The van der Waals surface area contributed by atoms with Gasteiger partial charge in [0.1, 0.15) is 5.75 Å². The Labute approximate surface area is 113 Å². The molecule has 1 aliphatic rings. The van der Waals surface area contributed by atoms with E-state index >= 15 is 0 Å². The van der Waals surface area contributed by atoms with Crippen LogP contribution < -0.4 is 10.1 Å². The molecule has 1 aliphatic carbocycles. The lowest BCUT2D eigenvalue weighted by Gasteiger charge is -2.09. The summed E-state index contributed by atoms with van der Waals surface area (Å²) in [6.07, 6.45) is 7.44. The minimum Gasteiger partial charge on any atom is -0.494 e. The van der Waals surface area contributed by atoms with E-state index in [-0.39, 0.29) is 0 Å². The smallest absolute Gasteiger partial charge is 0.203 e. The molecular formula is C15H19N3O. The second-order valence-electron chi connectivity index (χ2n) is 4.83. The molecule has 3 rings (SSSR count). The van der Waals surface area contributed by atoms with E-state index in [0.29, 0.717) is 6.04 Å². The van der Waals surface area contributed by atoms with Crippen molar-refractivity contribution in [1.82, 2.24) is 9.55 Å². The standard InChI is InChI=1S/C15H19N3O/c1-2-5-14(6-3-1)19-12-4-9-16-15-17-10-11-18(15)13-7-8-13/h1-3,5-6,10-11,13H,4,7-9,12H2,(H,16,17). The fraction of sp³-hybridized carbons (Fsp3) is 0.400. The van der Waals surface area contributed by atoms with Crippen molar-refractivity contribution in [2.45, 2.75) is 25.3 Å². The lowest BCUT2D eigenvalue weighted by atomic mass is 10.3. The van der Waals surface area contributed by atoms with Gasteiger partial charge in [0.15, 0.2) is 0 Å². The van der Waals surface area contributed by atoms with Gasteiger partial charge < -0.3 is 14.6 Å². The van der Waals surface area contributed by atoms with Gasteiger partial charge in [-0.15, -0.1) is 0 Å². The zero-order valence-corrected chi connectivity index (χ0v) is 11.0. The topological polar surface area (TPSA) is 39.1 Å². The maximum Gasteiger partial charge on any atom is 0.203 e. The predicted octanol–water partition coefficient (Wildman–Crippen LogP) is 3.10. The van der Waals surface area contributed by atoms with Crippen LogP contribution in [0.2, 0.25) is 0 Å². The van der Waals surface area contributed by atoms with Crippen molar-refractivity contribution in [2.24, 2.45) is 0 Å². The summed E-state index contributed by atoms with van der Waals surface area (Å²) in [6, 6.07) is 10.6. The van der Waals surface area contributed by atoms with Gasteiger partial charge in [0.2, 0.25) is 5.95 Å². The van der Waals surface area contributed by atoms with Crippen LogP contribution >= 0.6 is 0 Å². The molecule has 0 aliphatic heterocycles. The molecule has 1 aromatic carbocycles. The average molecular weight is 257 g/mol. The van der Waals surface area contributed by atoms with Gasteiger partial charge in [-0.1, -0.05) is 18.2 Å². The highest BCUT2D eigenvalue weighted by atomic mass is 16.5. The fourth-order valence-electron chi connectivity index (χ4n) is 2.08.